The molecule has 0 aliphatic heterocycles. The number of rotatable bonds is 2. The first kappa shape index (κ1) is 17.2. The Hall–Kier alpha value is -3.70. The Morgan fingerprint density at radius 2 is 1.60 bits per heavy atom. The van der Waals surface area contributed by atoms with E-state index in [1.165, 1.54) is 12.1 Å². The molecule has 3 heterocycles. The molecule has 144 valence electrons. The third-order valence-corrected chi connectivity index (χ3v) is 5.54. The maximum absolute atomic E-state index is 13.5. The smallest absolute Gasteiger partial charge is 0.157 e. The third kappa shape index (κ3) is 2.67. The zero-order chi connectivity index (χ0) is 20.2. The number of hydrogen-bond acceptors (Lipinski definition) is 2. The molecule has 0 bridgehead atoms. The van der Waals surface area contributed by atoms with Crippen LogP contribution in [-0.2, 0) is 0 Å². The molecule has 6 aromatic rings. The summed E-state index contributed by atoms with van der Waals surface area (Å²) in [7, 11) is 0. The van der Waals surface area contributed by atoms with Gasteiger partial charge in [-0.25, -0.2) is 14.4 Å². The molecule has 3 aromatic carbocycles. The summed E-state index contributed by atoms with van der Waals surface area (Å²) in [5.74, 6) is 0.375. The molecule has 0 aliphatic carbocycles. The summed E-state index contributed by atoms with van der Waals surface area (Å²) in [6.07, 6.45) is 0. The van der Waals surface area contributed by atoms with Gasteiger partial charge in [0.2, 0.25) is 0 Å². The molecule has 4 nitrogen and oxygen atoms in total. The lowest BCUT2D eigenvalue weighted by molar-refractivity contribution is 0.628. The topological polar surface area (TPSA) is 57.4 Å². The molecule has 0 radical (unpaired) electrons. The number of halogens is 2. The second kappa shape index (κ2) is 6.40. The summed E-state index contributed by atoms with van der Waals surface area (Å²) < 4.78 is 13.5. The number of para-hydroxylation sites is 1. The quantitative estimate of drug-likeness (QED) is 0.331. The number of pyridine rings is 1. The molecule has 0 spiro atoms. The van der Waals surface area contributed by atoms with E-state index in [0.29, 0.717) is 16.5 Å². The highest BCUT2D eigenvalue weighted by atomic mass is 35.5. The molecule has 2 N–H and O–H groups in total. The van der Waals surface area contributed by atoms with Crippen molar-refractivity contribution < 1.29 is 4.39 Å². The van der Waals surface area contributed by atoms with Gasteiger partial charge in [-0.15, -0.1) is 0 Å². The van der Waals surface area contributed by atoms with Crippen LogP contribution in [0.2, 0.25) is 5.02 Å². The summed E-state index contributed by atoms with van der Waals surface area (Å²) in [5, 5.41) is 2.77. The average molecular weight is 413 g/mol. The van der Waals surface area contributed by atoms with Gasteiger partial charge in [0.1, 0.15) is 11.5 Å². The van der Waals surface area contributed by atoms with Gasteiger partial charge in [-0.3, -0.25) is 0 Å². The Morgan fingerprint density at radius 1 is 0.767 bits per heavy atom. The minimum Gasteiger partial charge on any atom is -0.353 e. The highest BCUT2D eigenvalue weighted by Crippen LogP contribution is 2.35. The number of aromatic amines is 2. The zero-order valence-corrected chi connectivity index (χ0v) is 16.3. The lowest BCUT2D eigenvalue weighted by atomic mass is 10.1. The SMILES string of the molecule is Fc1ccc(-c2nc(-c3nc4ccc(Cl)cc4[nH]3)cc3c2[nH]c2ccccc23)cc1. The number of nitrogens with one attached hydrogen (secondary N) is 2. The largest absolute Gasteiger partial charge is 0.353 e. The number of imidazole rings is 1. The monoisotopic (exact) mass is 412 g/mol. The van der Waals surface area contributed by atoms with E-state index in [1.54, 1.807) is 12.1 Å². The van der Waals surface area contributed by atoms with Crippen molar-refractivity contribution in [2.45, 2.75) is 0 Å². The minimum atomic E-state index is -0.281. The lowest BCUT2D eigenvalue weighted by Crippen LogP contribution is -1.92. The maximum atomic E-state index is 13.5. The fraction of sp³-hybridized carbons (Fsp3) is 0. The molecule has 6 heteroatoms. The first-order chi connectivity index (χ1) is 14.7. The Morgan fingerprint density at radius 3 is 2.47 bits per heavy atom. The van der Waals surface area contributed by atoms with Crippen molar-refractivity contribution in [1.29, 1.82) is 0 Å². The van der Waals surface area contributed by atoms with Crippen LogP contribution in [0.15, 0.2) is 72.8 Å². The predicted octanol–water partition coefficient (Wildman–Crippen LogP) is 6.72. The number of hydrogen-bond donors (Lipinski definition) is 2. The molecule has 0 saturated carbocycles. The van der Waals surface area contributed by atoms with Crippen LogP contribution in [-0.4, -0.2) is 19.9 Å². The minimum absolute atomic E-state index is 0.281. The van der Waals surface area contributed by atoms with Crippen LogP contribution in [0, 0.1) is 5.82 Å². The normalized spacial score (nSPS) is 11.7. The Kier molecular flexibility index (Phi) is 3.67. The van der Waals surface area contributed by atoms with Gasteiger partial charge in [-0.05, 0) is 54.6 Å². The summed E-state index contributed by atoms with van der Waals surface area (Å²) in [6, 6.07) is 22.1. The zero-order valence-electron chi connectivity index (χ0n) is 15.6. The molecule has 0 saturated heterocycles. The average Bonchev–Trinajstić information content (AvgIpc) is 3.34. The fourth-order valence-electron chi connectivity index (χ4n) is 3.89. The van der Waals surface area contributed by atoms with Crippen molar-refractivity contribution in [2.75, 3.05) is 0 Å². The van der Waals surface area contributed by atoms with Gasteiger partial charge < -0.3 is 9.97 Å². The number of nitrogens with zero attached hydrogens (tertiary/aromatic N) is 2. The number of aromatic nitrogens is 4. The molecule has 0 unspecified atom stereocenters. The van der Waals surface area contributed by atoms with Crippen molar-refractivity contribution in [3.63, 3.8) is 0 Å². The Balaban J connectivity index is 1.67. The van der Waals surface area contributed by atoms with Crippen LogP contribution < -0.4 is 0 Å². The molecule has 30 heavy (non-hydrogen) atoms. The Bertz CT molecular complexity index is 1560. The number of benzene rings is 3. The summed E-state index contributed by atoms with van der Waals surface area (Å²) >= 11 is 6.12. The van der Waals surface area contributed by atoms with E-state index in [4.69, 9.17) is 21.6 Å². The standard InChI is InChI=1S/C24H14ClFN4/c25-14-7-10-19-20(11-14)30-24(29-19)21-12-17-16-3-1-2-4-18(16)27-23(17)22(28-21)13-5-8-15(26)9-6-13/h1-12,27H,(H,29,30). The van der Waals surface area contributed by atoms with Crippen LogP contribution in [0.1, 0.15) is 0 Å². The first-order valence-corrected chi connectivity index (χ1v) is 9.86. The number of fused-ring (bicyclic) bond motifs is 4. The molecule has 0 fully saturated rings. The van der Waals surface area contributed by atoms with Gasteiger partial charge in [-0.2, -0.15) is 0 Å². The molecule has 3 aromatic heterocycles. The van der Waals surface area contributed by atoms with Gasteiger partial charge in [0.25, 0.3) is 0 Å². The van der Waals surface area contributed by atoms with Gasteiger partial charge in [0.05, 0.1) is 22.2 Å². The van der Waals surface area contributed by atoms with Gasteiger partial charge in [0.15, 0.2) is 5.82 Å². The van der Waals surface area contributed by atoms with E-state index >= 15 is 0 Å². The van der Waals surface area contributed by atoms with Crippen molar-refractivity contribution >= 4 is 44.4 Å². The van der Waals surface area contributed by atoms with Crippen molar-refractivity contribution in [3.05, 3.63) is 83.6 Å². The fourth-order valence-corrected chi connectivity index (χ4v) is 4.06. The van der Waals surface area contributed by atoms with Gasteiger partial charge in [-0.1, -0.05) is 29.8 Å². The van der Waals surface area contributed by atoms with Crippen LogP contribution in [0.3, 0.4) is 0 Å². The van der Waals surface area contributed by atoms with Crippen molar-refractivity contribution in [3.8, 4) is 22.8 Å². The summed E-state index contributed by atoms with van der Waals surface area (Å²) in [5.41, 5.74) is 5.88. The molecule has 0 aliphatic rings. The van der Waals surface area contributed by atoms with Crippen LogP contribution in [0.4, 0.5) is 4.39 Å². The van der Waals surface area contributed by atoms with E-state index < -0.39 is 0 Å². The van der Waals surface area contributed by atoms with E-state index in [9.17, 15) is 4.39 Å². The van der Waals surface area contributed by atoms with Crippen LogP contribution in [0.5, 0.6) is 0 Å². The van der Waals surface area contributed by atoms with E-state index in [1.807, 2.05) is 42.5 Å². The highest BCUT2D eigenvalue weighted by Gasteiger charge is 2.16. The predicted molar refractivity (Wildman–Crippen MR) is 119 cm³/mol. The van der Waals surface area contributed by atoms with E-state index in [-0.39, 0.29) is 5.82 Å². The summed E-state index contributed by atoms with van der Waals surface area (Å²) in [6.45, 7) is 0. The maximum Gasteiger partial charge on any atom is 0.157 e. The third-order valence-electron chi connectivity index (χ3n) is 5.30. The number of H-pyrrole nitrogens is 2. The summed E-state index contributed by atoms with van der Waals surface area (Å²) in [4.78, 5) is 16.4. The van der Waals surface area contributed by atoms with Crippen molar-refractivity contribution in [1.82, 2.24) is 19.9 Å². The second-order valence-electron chi connectivity index (χ2n) is 7.20. The lowest BCUT2D eigenvalue weighted by Gasteiger charge is -2.06. The Labute approximate surface area is 175 Å². The molecular weight excluding hydrogens is 399 g/mol. The van der Waals surface area contributed by atoms with Crippen LogP contribution >= 0.6 is 11.6 Å². The molecule has 6 rings (SSSR count). The van der Waals surface area contributed by atoms with E-state index in [0.717, 1.165) is 44.1 Å². The first-order valence-electron chi connectivity index (χ1n) is 9.49. The van der Waals surface area contributed by atoms with Gasteiger partial charge >= 0.3 is 0 Å². The molecule has 0 amide bonds. The second-order valence-corrected chi connectivity index (χ2v) is 7.64. The van der Waals surface area contributed by atoms with Crippen molar-refractivity contribution in [2.24, 2.45) is 0 Å². The van der Waals surface area contributed by atoms with Gasteiger partial charge in [0, 0.05) is 26.9 Å². The highest BCUT2D eigenvalue weighted by molar-refractivity contribution is 6.31. The van der Waals surface area contributed by atoms with Crippen LogP contribution in [0.25, 0.3) is 55.6 Å². The molecule has 0 atom stereocenters. The molecular formula is C24H14ClFN4. The van der Waals surface area contributed by atoms with E-state index in [2.05, 4.69) is 16.0 Å².